The average molecular weight is 170 g/mol. The van der Waals surface area contributed by atoms with Crippen LogP contribution in [0.25, 0.3) is 0 Å². The molecule has 0 aromatic carbocycles. The van der Waals surface area contributed by atoms with Crippen LogP contribution in [0, 0.1) is 11.8 Å². The molecule has 0 radical (unpaired) electrons. The minimum absolute atomic E-state index is 0.435. The van der Waals surface area contributed by atoms with Crippen LogP contribution in [-0.2, 0) is 4.79 Å². The molecule has 2 aliphatic rings. The molecule has 0 spiro atoms. The van der Waals surface area contributed by atoms with Gasteiger partial charge in [0, 0.05) is 11.7 Å². The summed E-state index contributed by atoms with van der Waals surface area (Å²) in [6.45, 7) is 0. The van der Waals surface area contributed by atoms with Crippen molar-refractivity contribution in [2.75, 3.05) is 11.5 Å². The lowest BCUT2D eigenvalue weighted by Gasteiger charge is -2.27. The van der Waals surface area contributed by atoms with Gasteiger partial charge in [-0.15, -0.1) is 0 Å². The summed E-state index contributed by atoms with van der Waals surface area (Å²) in [5.74, 6) is 3.75. The molecular weight excluding hydrogens is 156 g/mol. The third-order valence-electron chi connectivity index (χ3n) is 2.86. The predicted molar refractivity (Wildman–Crippen MR) is 47.8 cm³/mol. The van der Waals surface area contributed by atoms with Crippen LogP contribution in [0.15, 0.2) is 0 Å². The first kappa shape index (κ1) is 7.66. The number of hydrogen-bond acceptors (Lipinski definition) is 2. The van der Waals surface area contributed by atoms with Crippen LogP contribution in [0.2, 0.25) is 0 Å². The number of ketones is 1. The van der Waals surface area contributed by atoms with Crippen LogP contribution in [0.3, 0.4) is 0 Å². The maximum absolute atomic E-state index is 11.2. The SMILES string of the molecule is O=C1CSCC1CC1CCC1. The van der Waals surface area contributed by atoms with Gasteiger partial charge >= 0.3 is 0 Å². The van der Waals surface area contributed by atoms with Gasteiger partial charge in [-0.2, -0.15) is 11.8 Å². The third-order valence-corrected chi connectivity index (χ3v) is 3.99. The summed E-state index contributed by atoms with van der Waals surface area (Å²) in [5.41, 5.74) is 0. The minimum Gasteiger partial charge on any atom is -0.298 e. The molecule has 11 heavy (non-hydrogen) atoms. The van der Waals surface area contributed by atoms with E-state index in [1.807, 2.05) is 11.8 Å². The maximum atomic E-state index is 11.2. The third kappa shape index (κ3) is 1.61. The monoisotopic (exact) mass is 170 g/mol. The highest BCUT2D eigenvalue weighted by Gasteiger charge is 2.29. The van der Waals surface area contributed by atoms with Crippen molar-refractivity contribution in [1.29, 1.82) is 0 Å². The van der Waals surface area contributed by atoms with Crippen molar-refractivity contribution < 1.29 is 4.79 Å². The van der Waals surface area contributed by atoms with Crippen LogP contribution in [-0.4, -0.2) is 17.3 Å². The molecular formula is C9H14OS. The van der Waals surface area contributed by atoms with Gasteiger partial charge in [-0.05, 0) is 12.3 Å². The molecule has 2 rings (SSSR count). The Bertz CT molecular complexity index is 163. The Kier molecular flexibility index (Phi) is 2.21. The quantitative estimate of drug-likeness (QED) is 0.631. The van der Waals surface area contributed by atoms with Gasteiger partial charge in [0.05, 0.1) is 5.75 Å². The maximum Gasteiger partial charge on any atom is 0.146 e. The van der Waals surface area contributed by atoms with Crippen LogP contribution in [0.5, 0.6) is 0 Å². The number of thioether (sulfide) groups is 1. The van der Waals surface area contributed by atoms with E-state index >= 15 is 0 Å². The molecule has 1 saturated heterocycles. The van der Waals surface area contributed by atoms with Crippen molar-refractivity contribution in [3.05, 3.63) is 0 Å². The second kappa shape index (κ2) is 3.18. The molecule has 1 atom stereocenters. The van der Waals surface area contributed by atoms with E-state index in [1.165, 1.54) is 25.7 Å². The van der Waals surface area contributed by atoms with Gasteiger partial charge in [0.2, 0.25) is 0 Å². The first-order valence-electron chi connectivity index (χ1n) is 4.46. The van der Waals surface area contributed by atoms with Crippen molar-refractivity contribution in [3.63, 3.8) is 0 Å². The highest BCUT2D eigenvalue weighted by molar-refractivity contribution is 8.00. The van der Waals surface area contributed by atoms with E-state index in [1.54, 1.807) is 0 Å². The van der Waals surface area contributed by atoms with Gasteiger partial charge in [0.15, 0.2) is 0 Å². The molecule has 1 aliphatic carbocycles. The smallest absolute Gasteiger partial charge is 0.146 e. The second-order valence-electron chi connectivity index (χ2n) is 3.71. The Morgan fingerprint density at radius 1 is 1.45 bits per heavy atom. The lowest BCUT2D eigenvalue weighted by Crippen LogP contribution is -2.20. The fraction of sp³-hybridized carbons (Fsp3) is 0.889. The van der Waals surface area contributed by atoms with E-state index in [4.69, 9.17) is 0 Å². The molecule has 0 N–H and O–H groups in total. The minimum atomic E-state index is 0.435. The van der Waals surface area contributed by atoms with Gasteiger partial charge in [-0.1, -0.05) is 19.3 Å². The zero-order valence-electron chi connectivity index (χ0n) is 6.71. The van der Waals surface area contributed by atoms with Gasteiger partial charge in [-0.3, -0.25) is 4.79 Å². The fourth-order valence-electron chi connectivity index (χ4n) is 1.84. The Balaban J connectivity index is 1.80. The summed E-state index contributed by atoms with van der Waals surface area (Å²) in [6, 6.07) is 0. The lowest BCUT2D eigenvalue weighted by atomic mass is 9.79. The van der Waals surface area contributed by atoms with E-state index in [2.05, 4.69) is 0 Å². The number of carbonyl (C=O) groups excluding carboxylic acids is 1. The zero-order valence-corrected chi connectivity index (χ0v) is 7.53. The van der Waals surface area contributed by atoms with Crippen molar-refractivity contribution in [1.82, 2.24) is 0 Å². The Morgan fingerprint density at radius 2 is 2.27 bits per heavy atom. The van der Waals surface area contributed by atoms with Crippen LogP contribution in [0.1, 0.15) is 25.7 Å². The molecule has 0 amide bonds. The summed E-state index contributed by atoms with van der Waals surface area (Å²) in [6.07, 6.45) is 5.37. The molecule has 1 unspecified atom stereocenters. The molecule has 1 nitrogen and oxygen atoms in total. The van der Waals surface area contributed by atoms with E-state index in [9.17, 15) is 4.79 Å². The summed E-state index contributed by atoms with van der Waals surface area (Å²) in [4.78, 5) is 11.2. The fourth-order valence-corrected chi connectivity index (χ4v) is 3.00. The van der Waals surface area contributed by atoms with E-state index < -0.39 is 0 Å². The molecule has 0 aromatic heterocycles. The largest absolute Gasteiger partial charge is 0.298 e. The van der Waals surface area contributed by atoms with Crippen LogP contribution in [0.4, 0.5) is 0 Å². The predicted octanol–water partition coefficient (Wildman–Crippen LogP) is 2.11. The van der Waals surface area contributed by atoms with E-state index in [0.29, 0.717) is 11.7 Å². The summed E-state index contributed by atoms with van der Waals surface area (Å²) < 4.78 is 0. The Labute approximate surface area is 71.9 Å². The Hall–Kier alpha value is 0.0200. The van der Waals surface area contributed by atoms with E-state index in [0.717, 1.165) is 17.4 Å². The van der Waals surface area contributed by atoms with Gasteiger partial charge in [0.1, 0.15) is 5.78 Å². The molecule has 0 bridgehead atoms. The van der Waals surface area contributed by atoms with E-state index in [-0.39, 0.29) is 0 Å². The highest BCUT2D eigenvalue weighted by Crippen LogP contribution is 2.35. The number of Topliss-reactive ketones (excluding diaryl/α,β-unsaturated/α-hetero) is 1. The normalized spacial score (nSPS) is 32.4. The highest BCUT2D eigenvalue weighted by atomic mass is 32.2. The van der Waals surface area contributed by atoms with Gasteiger partial charge < -0.3 is 0 Å². The molecule has 1 saturated carbocycles. The van der Waals surface area contributed by atoms with Gasteiger partial charge in [0.25, 0.3) is 0 Å². The standard InChI is InChI=1S/C9H14OS/c10-9-6-11-5-8(9)4-7-2-1-3-7/h7-8H,1-6H2. The lowest BCUT2D eigenvalue weighted by molar-refractivity contribution is -0.119. The first-order valence-corrected chi connectivity index (χ1v) is 5.62. The molecule has 1 heterocycles. The molecule has 2 heteroatoms. The molecule has 2 fully saturated rings. The van der Waals surface area contributed by atoms with Crippen molar-refractivity contribution >= 4 is 17.5 Å². The number of hydrogen-bond donors (Lipinski definition) is 0. The summed E-state index contributed by atoms with van der Waals surface area (Å²) >= 11 is 1.82. The topological polar surface area (TPSA) is 17.1 Å². The number of carbonyl (C=O) groups is 1. The van der Waals surface area contributed by atoms with Crippen LogP contribution < -0.4 is 0 Å². The molecule has 62 valence electrons. The zero-order chi connectivity index (χ0) is 7.68. The van der Waals surface area contributed by atoms with Crippen molar-refractivity contribution in [2.45, 2.75) is 25.7 Å². The molecule has 0 aromatic rings. The summed E-state index contributed by atoms with van der Waals surface area (Å²) in [5, 5.41) is 0. The van der Waals surface area contributed by atoms with Crippen LogP contribution >= 0.6 is 11.8 Å². The molecule has 1 aliphatic heterocycles. The summed E-state index contributed by atoms with van der Waals surface area (Å²) in [7, 11) is 0. The first-order chi connectivity index (χ1) is 5.36. The number of rotatable bonds is 2. The van der Waals surface area contributed by atoms with Gasteiger partial charge in [-0.25, -0.2) is 0 Å². The Morgan fingerprint density at radius 3 is 2.73 bits per heavy atom. The second-order valence-corrected chi connectivity index (χ2v) is 4.74. The average Bonchev–Trinajstić information content (AvgIpc) is 2.27. The van der Waals surface area contributed by atoms with Crippen molar-refractivity contribution in [3.8, 4) is 0 Å². The van der Waals surface area contributed by atoms with Crippen molar-refractivity contribution in [2.24, 2.45) is 11.8 Å².